The van der Waals surface area contributed by atoms with Crippen LogP contribution in [0.1, 0.15) is 30.9 Å². The summed E-state index contributed by atoms with van der Waals surface area (Å²) in [5.74, 6) is 0.253. The lowest BCUT2D eigenvalue weighted by Gasteiger charge is -2.20. The van der Waals surface area contributed by atoms with E-state index in [0.29, 0.717) is 6.54 Å². The highest BCUT2D eigenvalue weighted by atomic mass is 16.1. The predicted octanol–water partition coefficient (Wildman–Crippen LogP) is 3.37. The third-order valence-electron chi connectivity index (χ3n) is 3.80. The standard InChI is InChI=1S/C19H24N2O/c1-14(2)18(16-6-4-3-5-7-16)19(22)21-13-12-15-8-10-17(20)11-9-15/h3-11,14,18H,12-13,20H2,1-2H3,(H,21,22). The molecule has 0 fully saturated rings. The van der Waals surface area contributed by atoms with E-state index >= 15 is 0 Å². The number of nitrogens with one attached hydrogen (secondary N) is 1. The summed E-state index contributed by atoms with van der Waals surface area (Å²) >= 11 is 0. The number of nitrogens with two attached hydrogens (primary N) is 1. The Labute approximate surface area is 132 Å². The minimum absolute atomic E-state index is 0.0941. The van der Waals surface area contributed by atoms with Crippen molar-refractivity contribution in [2.45, 2.75) is 26.2 Å². The van der Waals surface area contributed by atoms with Gasteiger partial charge in [-0.25, -0.2) is 0 Å². The number of amides is 1. The summed E-state index contributed by atoms with van der Waals surface area (Å²) in [7, 11) is 0. The Balaban J connectivity index is 1.93. The lowest BCUT2D eigenvalue weighted by molar-refractivity contribution is -0.123. The highest BCUT2D eigenvalue weighted by molar-refractivity contribution is 5.83. The molecule has 2 aromatic carbocycles. The molecule has 0 bridgehead atoms. The Morgan fingerprint density at radius 3 is 2.27 bits per heavy atom. The number of hydrogen-bond donors (Lipinski definition) is 2. The van der Waals surface area contributed by atoms with Crippen LogP contribution in [0.2, 0.25) is 0 Å². The van der Waals surface area contributed by atoms with Crippen molar-refractivity contribution in [3.63, 3.8) is 0 Å². The van der Waals surface area contributed by atoms with E-state index in [1.165, 1.54) is 5.56 Å². The van der Waals surface area contributed by atoms with Gasteiger partial charge in [0.05, 0.1) is 5.92 Å². The van der Waals surface area contributed by atoms with Gasteiger partial charge >= 0.3 is 0 Å². The van der Waals surface area contributed by atoms with Crippen molar-refractivity contribution in [1.82, 2.24) is 5.32 Å². The summed E-state index contributed by atoms with van der Waals surface area (Å²) < 4.78 is 0. The van der Waals surface area contributed by atoms with Crippen LogP contribution in [0.15, 0.2) is 54.6 Å². The molecule has 0 aliphatic rings. The molecule has 1 unspecified atom stereocenters. The van der Waals surface area contributed by atoms with Crippen LogP contribution < -0.4 is 11.1 Å². The van der Waals surface area contributed by atoms with Gasteiger partial charge in [0, 0.05) is 12.2 Å². The van der Waals surface area contributed by atoms with Gasteiger partial charge in [-0.2, -0.15) is 0 Å². The van der Waals surface area contributed by atoms with Crippen LogP contribution >= 0.6 is 0 Å². The molecule has 116 valence electrons. The SMILES string of the molecule is CC(C)C(C(=O)NCCc1ccc(N)cc1)c1ccccc1. The molecular formula is C19H24N2O. The Hall–Kier alpha value is -2.29. The Morgan fingerprint density at radius 2 is 1.68 bits per heavy atom. The summed E-state index contributed by atoms with van der Waals surface area (Å²) in [6.45, 7) is 4.80. The summed E-state index contributed by atoms with van der Waals surface area (Å²) in [4.78, 5) is 12.5. The molecule has 2 rings (SSSR count). The van der Waals surface area contributed by atoms with Gasteiger partial charge in [-0.05, 0) is 35.6 Å². The molecule has 1 amide bonds. The van der Waals surface area contributed by atoms with Crippen molar-refractivity contribution in [3.05, 3.63) is 65.7 Å². The number of anilines is 1. The van der Waals surface area contributed by atoms with Crippen molar-refractivity contribution in [2.75, 3.05) is 12.3 Å². The monoisotopic (exact) mass is 296 g/mol. The topological polar surface area (TPSA) is 55.1 Å². The first-order valence-corrected chi connectivity index (χ1v) is 7.75. The molecule has 1 atom stereocenters. The van der Waals surface area contributed by atoms with Gasteiger partial charge in [0.15, 0.2) is 0 Å². The summed E-state index contributed by atoms with van der Waals surface area (Å²) in [6.07, 6.45) is 0.811. The number of benzene rings is 2. The molecule has 3 nitrogen and oxygen atoms in total. The van der Waals surface area contributed by atoms with Gasteiger partial charge in [-0.15, -0.1) is 0 Å². The normalized spacial score (nSPS) is 12.1. The highest BCUT2D eigenvalue weighted by Crippen LogP contribution is 2.24. The average molecular weight is 296 g/mol. The van der Waals surface area contributed by atoms with Gasteiger partial charge in [0.25, 0.3) is 0 Å². The van der Waals surface area contributed by atoms with Crippen LogP contribution in [0.5, 0.6) is 0 Å². The molecule has 0 aliphatic heterocycles. The summed E-state index contributed by atoms with van der Waals surface area (Å²) in [5, 5.41) is 3.06. The molecule has 0 saturated heterocycles. The fraction of sp³-hybridized carbons (Fsp3) is 0.316. The molecular weight excluding hydrogens is 272 g/mol. The van der Waals surface area contributed by atoms with Crippen LogP contribution in [0.3, 0.4) is 0 Å². The Morgan fingerprint density at radius 1 is 1.05 bits per heavy atom. The number of carbonyl (C=O) groups excluding carboxylic acids is 1. The van der Waals surface area contributed by atoms with E-state index in [1.54, 1.807) is 0 Å². The van der Waals surface area contributed by atoms with Crippen molar-refractivity contribution in [2.24, 2.45) is 5.92 Å². The molecule has 0 aromatic heterocycles. The maximum atomic E-state index is 12.5. The number of nitrogen functional groups attached to an aromatic ring is 1. The molecule has 0 radical (unpaired) electrons. The molecule has 0 saturated carbocycles. The van der Waals surface area contributed by atoms with Gasteiger partial charge < -0.3 is 11.1 Å². The lowest BCUT2D eigenvalue weighted by atomic mass is 9.87. The minimum Gasteiger partial charge on any atom is -0.399 e. The third kappa shape index (κ3) is 4.35. The fourth-order valence-electron chi connectivity index (χ4n) is 2.62. The van der Waals surface area contributed by atoms with Gasteiger partial charge in [-0.1, -0.05) is 56.3 Å². The smallest absolute Gasteiger partial charge is 0.227 e. The van der Waals surface area contributed by atoms with E-state index < -0.39 is 0 Å². The van der Waals surface area contributed by atoms with Crippen molar-refractivity contribution in [1.29, 1.82) is 0 Å². The highest BCUT2D eigenvalue weighted by Gasteiger charge is 2.23. The van der Waals surface area contributed by atoms with Crippen LogP contribution in [0.25, 0.3) is 0 Å². The second-order valence-corrected chi connectivity index (χ2v) is 5.91. The predicted molar refractivity (Wildman–Crippen MR) is 91.6 cm³/mol. The number of rotatable bonds is 6. The second-order valence-electron chi connectivity index (χ2n) is 5.91. The first-order chi connectivity index (χ1) is 10.6. The zero-order valence-corrected chi connectivity index (χ0v) is 13.3. The zero-order valence-electron chi connectivity index (χ0n) is 13.3. The van der Waals surface area contributed by atoms with E-state index in [1.807, 2.05) is 54.6 Å². The third-order valence-corrected chi connectivity index (χ3v) is 3.80. The Kier molecular flexibility index (Phi) is 5.59. The van der Waals surface area contributed by atoms with Gasteiger partial charge in [0.1, 0.15) is 0 Å². The van der Waals surface area contributed by atoms with E-state index in [-0.39, 0.29) is 17.7 Å². The van der Waals surface area contributed by atoms with Gasteiger partial charge in [-0.3, -0.25) is 4.79 Å². The summed E-state index contributed by atoms with van der Waals surface area (Å²) in [6, 6.07) is 17.7. The molecule has 3 N–H and O–H groups in total. The quantitative estimate of drug-likeness (QED) is 0.803. The van der Waals surface area contributed by atoms with E-state index in [2.05, 4.69) is 19.2 Å². The second kappa shape index (κ2) is 7.64. The first kappa shape index (κ1) is 16.1. The number of hydrogen-bond acceptors (Lipinski definition) is 2. The molecule has 0 aliphatic carbocycles. The van der Waals surface area contributed by atoms with E-state index in [4.69, 9.17) is 5.73 Å². The zero-order chi connectivity index (χ0) is 15.9. The lowest BCUT2D eigenvalue weighted by Crippen LogP contribution is -2.33. The van der Waals surface area contributed by atoms with Crippen molar-refractivity contribution in [3.8, 4) is 0 Å². The first-order valence-electron chi connectivity index (χ1n) is 7.75. The Bertz CT molecular complexity index is 591. The van der Waals surface area contributed by atoms with E-state index in [0.717, 1.165) is 17.7 Å². The average Bonchev–Trinajstić information content (AvgIpc) is 2.50. The van der Waals surface area contributed by atoms with Crippen LogP contribution in [0.4, 0.5) is 5.69 Å². The molecule has 0 heterocycles. The van der Waals surface area contributed by atoms with Crippen LogP contribution in [-0.2, 0) is 11.2 Å². The van der Waals surface area contributed by atoms with E-state index in [9.17, 15) is 4.79 Å². The largest absolute Gasteiger partial charge is 0.399 e. The molecule has 2 aromatic rings. The minimum atomic E-state index is -0.104. The maximum Gasteiger partial charge on any atom is 0.227 e. The summed E-state index contributed by atoms with van der Waals surface area (Å²) in [5.41, 5.74) is 8.68. The fourth-order valence-corrected chi connectivity index (χ4v) is 2.62. The van der Waals surface area contributed by atoms with Crippen LogP contribution in [-0.4, -0.2) is 12.5 Å². The maximum absolute atomic E-state index is 12.5. The molecule has 22 heavy (non-hydrogen) atoms. The van der Waals surface area contributed by atoms with Gasteiger partial charge in [0.2, 0.25) is 5.91 Å². The number of carbonyl (C=O) groups is 1. The molecule has 0 spiro atoms. The van der Waals surface area contributed by atoms with Crippen LogP contribution in [0, 0.1) is 5.92 Å². The molecule has 3 heteroatoms. The van der Waals surface area contributed by atoms with Crippen molar-refractivity contribution >= 4 is 11.6 Å². The van der Waals surface area contributed by atoms with Crippen molar-refractivity contribution < 1.29 is 4.79 Å².